The van der Waals surface area contributed by atoms with Gasteiger partial charge in [0.25, 0.3) is 5.56 Å². The fraction of sp³-hybridized carbons (Fsp3) is 0.222. The van der Waals surface area contributed by atoms with Crippen LogP contribution in [-0.2, 0) is 13.0 Å². The molecule has 0 fully saturated rings. The van der Waals surface area contributed by atoms with E-state index < -0.39 is 0 Å². The van der Waals surface area contributed by atoms with Crippen molar-refractivity contribution >= 4 is 49.0 Å². The van der Waals surface area contributed by atoms with E-state index in [-0.39, 0.29) is 18.0 Å². The van der Waals surface area contributed by atoms with Crippen molar-refractivity contribution in [3.05, 3.63) is 96.7 Å². The molecule has 0 aliphatic carbocycles. The van der Waals surface area contributed by atoms with Gasteiger partial charge in [-0.05, 0) is 77.3 Å². The Labute approximate surface area is 225 Å². The highest BCUT2D eigenvalue weighted by atomic mass is 79.9. The van der Waals surface area contributed by atoms with Crippen LogP contribution in [0.15, 0.2) is 73.4 Å². The first-order valence-corrected chi connectivity index (χ1v) is 13.1. The predicted molar refractivity (Wildman–Crippen MR) is 147 cm³/mol. The van der Waals surface area contributed by atoms with E-state index in [9.17, 15) is 9.18 Å². The molecule has 0 spiro atoms. The molecule has 0 saturated heterocycles. The summed E-state index contributed by atoms with van der Waals surface area (Å²) in [5, 5.41) is 4.99. The molecule has 1 heterocycles. The highest BCUT2D eigenvalue weighted by Crippen LogP contribution is 2.34. The molecule has 0 aliphatic rings. The topological polar surface area (TPSA) is 65.7 Å². The Morgan fingerprint density at radius 2 is 1.86 bits per heavy atom. The van der Waals surface area contributed by atoms with E-state index in [1.165, 1.54) is 16.8 Å². The van der Waals surface area contributed by atoms with Gasteiger partial charge in [-0.1, -0.05) is 35.0 Å². The Morgan fingerprint density at radius 3 is 2.61 bits per heavy atom. The van der Waals surface area contributed by atoms with Gasteiger partial charge in [-0.25, -0.2) is 9.37 Å². The molecule has 0 bridgehead atoms. The molecule has 4 aromatic rings. The lowest BCUT2D eigenvalue weighted by molar-refractivity contribution is 0.269. The smallest absolute Gasteiger partial charge is 0.282 e. The van der Waals surface area contributed by atoms with Gasteiger partial charge in [0, 0.05) is 20.9 Å². The van der Waals surface area contributed by atoms with Crippen LogP contribution >= 0.6 is 31.9 Å². The van der Waals surface area contributed by atoms with Gasteiger partial charge in [0.1, 0.15) is 18.2 Å². The molecule has 3 aromatic carbocycles. The second-order valence-electron chi connectivity index (χ2n) is 7.97. The molecule has 0 amide bonds. The number of benzene rings is 3. The van der Waals surface area contributed by atoms with Crippen LogP contribution in [0.1, 0.15) is 37.2 Å². The summed E-state index contributed by atoms with van der Waals surface area (Å²) in [6, 6.07) is 15.2. The molecule has 6 nitrogen and oxygen atoms in total. The van der Waals surface area contributed by atoms with E-state index in [4.69, 9.17) is 9.47 Å². The van der Waals surface area contributed by atoms with E-state index in [2.05, 4.69) is 41.9 Å². The molecule has 0 radical (unpaired) electrons. The van der Waals surface area contributed by atoms with Crippen LogP contribution < -0.4 is 15.0 Å². The first-order chi connectivity index (χ1) is 17.4. The van der Waals surface area contributed by atoms with Gasteiger partial charge < -0.3 is 9.47 Å². The average molecular weight is 617 g/mol. The van der Waals surface area contributed by atoms with Crippen molar-refractivity contribution in [2.45, 2.75) is 33.3 Å². The van der Waals surface area contributed by atoms with Crippen molar-refractivity contribution in [1.82, 2.24) is 9.66 Å². The molecule has 0 saturated carbocycles. The molecule has 9 heteroatoms. The summed E-state index contributed by atoms with van der Waals surface area (Å²) in [6.07, 6.45) is 3.02. The van der Waals surface area contributed by atoms with Crippen LogP contribution in [0.5, 0.6) is 11.5 Å². The lowest BCUT2D eigenvalue weighted by Crippen LogP contribution is -2.22. The quantitative estimate of drug-likeness (QED) is 0.192. The zero-order chi connectivity index (χ0) is 25.7. The number of nitrogens with zero attached hydrogens (tertiary/aromatic N) is 3. The summed E-state index contributed by atoms with van der Waals surface area (Å²) in [5.74, 6) is 1.29. The molecule has 0 unspecified atom stereocenters. The molecule has 0 aliphatic heterocycles. The Hall–Kier alpha value is -3.04. The van der Waals surface area contributed by atoms with Crippen molar-refractivity contribution in [3.8, 4) is 11.5 Å². The van der Waals surface area contributed by atoms with Crippen LogP contribution in [0.3, 0.4) is 0 Å². The minimum absolute atomic E-state index is 0.186. The van der Waals surface area contributed by atoms with Gasteiger partial charge in [-0.2, -0.15) is 9.78 Å². The Kier molecular flexibility index (Phi) is 8.53. The number of aryl methyl sites for hydroxylation is 1. The maximum atomic E-state index is 13.5. The number of rotatable bonds is 9. The van der Waals surface area contributed by atoms with Crippen LogP contribution in [0.2, 0.25) is 0 Å². The second kappa shape index (κ2) is 11.8. The summed E-state index contributed by atoms with van der Waals surface area (Å²) in [5.41, 5.74) is 1.80. The fourth-order valence-corrected chi connectivity index (χ4v) is 4.42. The van der Waals surface area contributed by atoms with Crippen molar-refractivity contribution in [1.29, 1.82) is 0 Å². The normalized spacial score (nSPS) is 11.4. The molecule has 36 heavy (non-hydrogen) atoms. The molecular formula is C27H24Br2FN3O3. The Balaban J connectivity index is 1.69. The van der Waals surface area contributed by atoms with Crippen LogP contribution in [0, 0.1) is 5.82 Å². The molecule has 0 N–H and O–H groups in total. The number of halogens is 3. The van der Waals surface area contributed by atoms with E-state index in [1.807, 2.05) is 26.0 Å². The molecule has 186 valence electrons. The summed E-state index contributed by atoms with van der Waals surface area (Å²) in [6.45, 7) is 4.52. The zero-order valence-electron chi connectivity index (χ0n) is 19.8. The average Bonchev–Trinajstić information content (AvgIpc) is 2.85. The minimum Gasteiger partial charge on any atom is -0.490 e. The minimum atomic E-state index is -0.318. The van der Waals surface area contributed by atoms with Gasteiger partial charge in [0.05, 0.1) is 23.7 Å². The first kappa shape index (κ1) is 26.0. The van der Waals surface area contributed by atoms with Crippen molar-refractivity contribution in [3.63, 3.8) is 0 Å². The van der Waals surface area contributed by atoms with Crippen molar-refractivity contribution in [2.24, 2.45) is 5.10 Å². The predicted octanol–water partition coefficient (Wildman–Crippen LogP) is 6.87. The standard InChI is InChI=1S/C27H24Br2FN3O3/c1-3-6-26-32-23-10-9-19(28)13-21(23)27(34)33(26)31-15-18-12-24(35-4-2)25(14-22(18)29)36-16-17-7-5-8-20(30)11-17/h5,7-15H,3-4,6,16H2,1-2H3. The van der Waals surface area contributed by atoms with Gasteiger partial charge in [-0.3, -0.25) is 4.79 Å². The maximum Gasteiger partial charge on any atom is 0.282 e. The second-order valence-corrected chi connectivity index (χ2v) is 9.74. The molecule has 0 atom stereocenters. The van der Waals surface area contributed by atoms with Gasteiger partial charge in [-0.15, -0.1) is 0 Å². The van der Waals surface area contributed by atoms with Crippen LogP contribution in [0.25, 0.3) is 10.9 Å². The summed E-state index contributed by atoms with van der Waals surface area (Å²) < 4.78 is 28.1. The van der Waals surface area contributed by atoms with Gasteiger partial charge >= 0.3 is 0 Å². The number of hydrogen-bond acceptors (Lipinski definition) is 5. The third kappa shape index (κ3) is 6.02. The summed E-state index contributed by atoms with van der Waals surface area (Å²) >= 11 is 6.99. The van der Waals surface area contributed by atoms with E-state index in [0.29, 0.717) is 56.9 Å². The lowest BCUT2D eigenvalue weighted by atomic mass is 10.2. The summed E-state index contributed by atoms with van der Waals surface area (Å²) in [4.78, 5) is 17.9. The number of hydrogen-bond donors (Lipinski definition) is 0. The van der Waals surface area contributed by atoms with E-state index >= 15 is 0 Å². The van der Waals surface area contributed by atoms with Crippen LogP contribution in [0.4, 0.5) is 4.39 Å². The monoisotopic (exact) mass is 615 g/mol. The number of ether oxygens (including phenoxy) is 2. The highest BCUT2D eigenvalue weighted by molar-refractivity contribution is 9.10. The van der Waals surface area contributed by atoms with Crippen molar-refractivity contribution in [2.75, 3.05) is 6.61 Å². The number of aromatic nitrogens is 2. The first-order valence-electron chi connectivity index (χ1n) is 11.5. The molecular weight excluding hydrogens is 593 g/mol. The van der Waals surface area contributed by atoms with Crippen LogP contribution in [-0.4, -0.2) is 22.5 Å². The highest BCUT2D eigenvalue weighted by Gasteiger charge is 2.13. The molecule has 4 rings (SSSR count). The van der Waals surface area contributed by atoms with E-state index in [0.717, 1.165) is 10.9 Å². The lowest BCUT2D eigenvalue weighted by Gasteiger charge is -2.14. The Morgan fingerprint density at radius 1 is 1.06 bits per heavy atom. The SMILES string of the molecule is CCCc1nc2ccc(Br)cc2c(=O)n1N=Cc1cc(OCC)c(OCc2cccc(F)c2)cc1Br. The molecule has 1 aromatic heterocycles. The van der Waals surface area contributed by atoms with Gasteiger partial charge in [0.15, 0.2) is 11.5 Å². The third-order valence-corrected chi connectivity index (χ3v) is 6.49. The number of fused-ring (bicyclic) bond motifs is 1. The Bertz CT molecular complexity index is 1490. The largest absolute Gasteiger partial charge is 0.490 e. The van der Waals surface area contributed by atoms with E-state index in [1.54, 1.807) is 36.5 Å². The fourth-order valence-electron chi connectivity index (χ4n) is 3.64. The van der Waals surface area contributed by atoms with Gasteiger partial charge in [0.2, 0.25) is 0 Å². The van der Waals surface area contributed by atoms with Crippen molar-refractivity contribution < 1.29 is 13.9 Å². The zero-order valence-corrected chi connectivity index (χ0v) is 23.0. The summed E-state index contributed by atoms with van der Waals surface area (Å²) in [7, 11) is 0. The maximum absolute atomic E-state index is 13.5. The third-order valence-electron chi connectivity index (χ3n) is 5.31.